The molecule has 0 aliphatic carbocycles. The van der Waals surface area contributed by atoms with Crippen molar-refractivity contribution in [1.82, 2.24) is 10.2 Å². The molecule has 4 nitrogen and oxygen atoms in total. The predicted molar refractivity (Wildman–Crippen MR) is 55.0 cm³/mol. The lowest BCUT2D eigenvalue weighted by Gasteiger charge is -2.06. The molecule has 0 radical (unpaired) electrons. The van der Waals surface area contributed by atoms with E-state index >= 15 is 0 Å². The van der Waals surface area contributed by atoms with Gasteiger partial charge in [-0.25, -0.2) is 5.10 Å². The van der Waals surface area contributed by atoms with Crippen LogP contribution in [0.15, 0.2) is 29.1 Å². The average Bonchev–Trinajstić information content (AvgIpc) is 2.18. The zero-order chi connectivity index (χ0) is 10.1. The van der Waals surface area contributed by atoms with Gasteiger partial charge in [0.1, 0.15) is 0 Å². The SMILES string of the molecule is CC(N)c1n[nH]c(=O)c2ccccc12. The second-order valence-electron chi connectivity index (χ2n) is 3.27. The third-order valence-electron chi connectivity index (χ3n) is 2.16. The molecule has 2 rings (SSSR count). The Morgan fingerprint density at radius 3 is 2.64 bits per heavy atom. The Balaban J connectivity index is 2.89. The Morgan fingerprint density at radius 1 is 1.36 bits per heavy atom. The fourth-order valence-electron chi connectivity index (χ4n) is 1.48. The molecule has 1 atom stereocenters. The van der Waals surface area contributed by atoms with E-state index in [1.807, 2.05) is 25.1 Å². The fraction of sp³-hybridized carbons (Fsp3) is 0.200. The Hall–Kier alpha value is -1.68. The van der Waals surface area contributed by atoms with Gasteiger partial charge in [0.05, 0.1) is 11.1 Å². The summed E-state index contributed by atoms with van der Waals surface area (Å²) in [6.45, 7) is 1.84. The zero-order valence-corrected chi connectivity index (χ0v) is 7.82. The molecule has 0 aliphatic heterocycles. The summed E-state index contributed by atoms with van der Waals surface area (Å²) in [4.78, 5) is 11.4. The number of rotatable bonds is 1. The second kappa shape index (κ2) is 3.23. The summed E-state index contributed by atoms with van der Waals surface area (Å²) in [6.07, 6.45) is 0. The summed E-state index contributed by atoms with van der Waals surface area (Å²) in [6, 6.07) is 7.13. The number of aromatic nitrogens is 2. The van der Waals surface area contributed by atoms with Gasteiger partial charge in [0.15, 0.2) is 0 Å². The zero-order valence-electron chi connectivity index (χ0n) is 7.82. The molecule has 4 heteroatoms. The summed E-state index contributed by atoms with van der Waals surface area (Å²) < 4.78 is 0. The Kier molecular flexibility index (Phi) is 2.05. The molecule has 1 aromatic carbocycles. The van der Waals surface area contributed by atoms with Crippen LogP contribution in [0.2, 0.25) is 0 Å². The van der Waals surface area contributed by atoms with E-state index in [4.69, 9.17) is 5.73 Å². The van der Waals surface area contributed by atoms with Crippen molar-refractivity contribution in [2.24, 2.45) is 5.73 Å². The highest BCUT2D eigenvalue weighted by Gasteiger charge is 2.08. The van der Waals surface area contributed by atoms with Gasteiger partial charge in [0.2, 0.25) is 0 Å². The monoisotopic (exact) mass is 189 g/mol. The van der Waals surface area contributed by atoms with E-state index < -0.39 is 0 Å². The summed E-state index contributed by atoms with van der Waals surface area (Å²) in [5.74, 6) is 0. The molecule has 0 spiro atoms. The minimum absolute atomic E-state index is 0.176. The minimum Gasteiger partial charge on any atom is -0.323 e. The quantitative estimate of drug-likeness (QED) is 0.701. The normalized spacial score (nSPS) is 13.0. The van der Waals surface area contributed by atoms with Crippen LogP contribution in [0.3, 0.4) is 0 Å². The van der Waals surface area contributed by atoms with Crippen LogP contribution in [0.5, 0.6) is 0 Å². The average molecular weight is 189 g/mol. The van der Waals surface area contributed by atoms with E-state index in [0.29, 0.717) is 5.39 Å². The van der Waals surface area contributed by atoms with Gasteiger partial charge in [-0.05, 0) is 13.0 Å². The number of nitrogens with one attached hydrogen (secondary N) is 1. The van der Waals surface area contributed by atoms with Gasteiger partial charge in [-0.15, -0.1) is 0 Å². The van der Waals surface area contributed by atoms with E-state index in [9.17, 15) is 4.79 Å². The number of nitrogens with two attached hydrogens (primary N) is 1. The first kappa shape index (κ1) is 8.90. The van der Waals surface area contributed by atoms with E-state index in [1.54, 1.807) is 6.07 Å². The lowest BCUT2D eigenvalue weighted by Crippen LogP contribution is -2.15. The lowest BCUT2D eigenvalue weighted by atomic mass is 10.1. The van der Waals surface area contributed by atoms with Crippen LogP contribution in [0, 0.1) is 0 Å². The Labute approximate surface area is 80.8 Å². The van der Waals surface area contributed by atoms with Crippen molar-refractivity contribution in [1.29, 1.82) is 0 Å². The number of benzene rings is 1. The van der Waals surface area contributed by atoms with Crippen LogP contribution in [-0.2, 0) is 0 Å². The minimum atomic E-state index is -0.184. The largest absolute Gasteiger partial charge is 0.323 e. The van der Waals surface area contributed by atoms with E-state index in [1.165, 1.54) is 0 Å². The third-order valence-corrected chi connectivity index (χ3v) is 2.16. The summed E-state index contributed by atoms with van der Waals surface area (Å²) in [7, 11) is 0. The number of aromatic amines is 1. The van der Waals surface area contributed by atoms with Gasteiger partial charge in [-0.2, -0.15) is 5.10 Å². The third kappa shape index (κ3) is 1.29. The first-order valence-corrected chi connectivity index (χ1v) is 4.43. The van der Waals surface area contributed by atoms with Crippen molar-refractivity contribution < 1.29 is 0 Å². The van der Waals surface area contributed by atoms with Gasteiger partial charge in [0.25, 0.3) is 5.56 Å². The molecule has 0 bridgehead atoms. The molecule has 0 saturated heterocycles. The van der Waals surface area contributed by atoms with Crippen LogP contribution >= 0.6 is 0 Å². The lowest BCUT2D eigenvalue weighted by molar-refractivity contribution is 0.759. The molecular weight excluding hydrogens is 178 g/mol. The molecule has 3 N–H and O–H groups in total. The Bertz CT molecular complexity index is 516. The predicted octanol–water partition coefficient (Wildman–Crippen LogP) is 0.943. The molecule has 2 aromatic rings. The maximum atomic E-state index is 11.4. The number of hydrogen-bond acceptors (Lipinski definition) is 3. The smallest absolute Gasteiger partial charge is 0.272 e. The fourth-order valence-corrected chi connectivity index (χ4v) is 1.48. The summed E-state index contributed by atoms with van der Waals surface area (Å²) in [5, 5.41) is 7.84. The molecule has 72 valence electrons. The van der Waals surface area contributed by atoms with Gasteiger partial charge in [-0.1, -0.05) is 18.2 Å². The number of fused-ring (bicyclic) bond motifs is 1. The van der Waals surface area contributed by atoms with Crippen molar-refractivity contribution in [2.75, 3.05) is 0 Å². The van der Waals surface area contributed by atoms with Crippen LogP contribution in [0.25, 0.3) is 10.8 Å². The highest BCUT2D eigenvalue weighted by molar-refractivity contribution is 5.83. The topological polar surface area (TPSA) is 71.8 Å². The maximum Gasteiger partial charge on any atom is 0.272 e. The molecule has 1 heterocycles. The molecule has 0 aliphatic rings. The first-order chi connectivity index (χ1) is 6.70. The van der Waals surface area contributed by atoms with E-state index in [2.05, 4.69) is 10.2 Å². The number of hydrogen-bond donors (Lipinski definition) is 2. The molecule has 14 heavy (non-hydrogen) atoms. The van der Waals surface area contributed by atoms with Gasteiger partial charge in [-0.3, -0.25) is 4.79 Å². The van der Waals surface area contributed by atoms with Gasteiger partial charge in [0, 0.05) is 11.4 Å². The number of H-pyrrole nitrogens is 1. The van der Waals surface area contributed by atoms with E-state index in [0.717, 1.165) is 11.1 Å². The van der Waals surface area contributed by atoms with Crippen molar-refractivity contribution >= 4 is 10.8 Å². The van der Waals surface area contributed by atoms with Crippen molar-refractivity contribution in [3.05, 3.63) is 40.3 Å². The maximum absolute atomic E-state index is 11.4. The molecular formula is C10H11N3O. The highest BCUT2D eigenvalue weighted by atomic mass is 16.1. The van der Waals surface area contributed by atoms with Gasteiger partial charge >= 0.3 is 0 Å². The van der Waals surface area contributed by atoms with E-state index in [-0.39, 0.29) is 11.6 Å². The molecule has 1 unspecified atom stereocenters. The molecule has 0 saturated carbocycles. The molecule has 0 amide bonds. The standard InChI is InChI=1S/C10H11N3O/c1-6(11)9-7-4-2-3-5-8(7)10(14)13-12-9/h2-6H,11H2,1H3,(H,13,14). The summed E-state index contributed by atoms with van der Waals surface area (Å²) >= 11 is 0. The van der Waals surface area contributed by atoms with Crippen LogP contribution < -0.4 is 11.3 Å². The number of nitrogens with zero attached hydrogens (tertiary/aromatic N) is 1. The molecule has 1 aromatic heterocycles. The van der Waals surface area contributed by atoms with Crippen LogP contribution in [0.1, 0.15) is 18.7 Å². The van der Waals surface area contributed by atoms with Gasteiger partial charge < -0.3 is 5.73 Å². The van der Waals surface area contributed by atoms with Crippen molar-refractivity contribution in [3.8, 4) is 0 Å². The molecule has 0 fully saturated rings. The summed E-state index contributed by atoms with van der Waals surface area (Å²) in [5.41, 5.74) is 6.29. The van der Waals surface area contributed by atoms with Crippen LogP contribution in [0.4, 0.5) is 0 Å². The highest BCUT2D eigenvalue weighted by Crippen LogP contribution is 2.16. The first-order valence-electron chi connectivity index (χ1n) is 4.43. The second-order valence-corrected chi connectivity index (χ2v) is 3.27. The Morgan fingerprint density at radius 2 is 2.00 bits per heavy atom. The van der Waals surface area contributed by atoms with Crippen molar-refractivity contribution in [3.63, 3.8) is 0 Å². The van der Waals surface area contributed by atoms with Crippen LogP contribution in [-0.4, -0.2) is 10.2 Å². The van der Waals surface area contributed by atoms with Crippen molar-refractivity contribution in [2.45, 2.75) is 13.0 Å².